The van der Waals surface area contributed by atoms with Gasteiger partial charge in [-0.3, -0.25) is 4.79 Å². The Balaban J connectivity index is 1.64. The number of nitrogens with two attached hydrogens (primary N) is 1. The van der Waals surface area contributed by atoms with Crippen molar-refractivity contribution in [1.82, 2.24) is 0 Å². The van der Waals surface area contributed by atoms with Gasteiger partial charge in [0.2, 0.25) is 0 Å². The van der Waals surface area contributed by atoms with Gasteiger partial charge in [-0.1, -0.05) is 19.1 Å². The van der Waals surface area contributed by atoms with Crippen molar-refractivity contribution >= 4 is 22.4 Å². The highest BCUT2D eigenvalue weighted by Crippen LogP contribution is 2.23. The van der Waals surface area contributed by atoms with E-state index in [9.17, 15) is 4.79 Å². The standard InChI is InChI=1S/C19H25NO3/c1-2-19(21)23-12-6-4-3-5-11-22-18-10-8-15-7-9-17(20)13-16(15)14-18/h7-10,13-14H,2-6,11-12,20H2,1H3. The van der Waals surface area contributed by atoms with Crippen molar-refractivity contribution in [2.45, 2.75) is 39.0 Å². The van der Waals surface area contributed by atoms with Crippen molar-refractivity contribution < 1.29 is 14.3 Å². The minimum atomic E-state index is -0.120. The van der Waals surface area contributed by atoms with Crippen LogP contribution in [0.1, 0.15) is 39.0 Å². The number of hydrogen-bond acceptors (Lipinski definition) is 4. The summed E-state index contributed by atoms with van der Waals surface area (Å²) in [5.41, 5.74) is 6.57. The van der Waals surface area contributed by atoms with E-state index < -0.39 is 0 Å². The number of esters is 1. The molecule has 124 valence electrons. The summed E-state index contributed by atoms with van der Waals surface area (Å²) >= 11 is 0. The van der Waals surface area contributed by atoms with Crippen molar-refractivity contribution in [1.29, 1.82) is 0 Å². The molecule has 0 saturated carbocycles. The topological polar surface area (TPSA) is 61.5 Å². The number of unbranched alkanes of at least 4 members (excludes halogenated alkanes) is 3. The number of rotatable bonds is 9. The summed E-state index contributed by atoms with van der Waals surface area (Å²) in [6.45, 7) is 3.03. The largest absolute Gasteiger partial charge is 0.494 e. The van der Waals surface area contributed by atoms with E-state index >= 15 is 0 Å². The zero-order chi connectivity index (χ0) is 16.5. The molecule has 0 fully saturated rings. The Morgan fingerprint density at radius 3 is 2.48 bits per heavy atom. The van der Waals surface area contributed by atoms with Gasteiger partial charge in [-0.05, 0) is 60.7 Å². The molecule has 0 aliphatic carbocycles. The molecule has 2 aromatic carbocycles. The second-order valence-electron chi connectivity index (χ2n) is 5.61. The first-order valence-electron chi connectivity index (χ1n) is 8.27. The van der Waals surface area contributed by atoms with E-state index in [1.54, 1.807) is 6.92 Å². The summed E-state index contributed by atoms with van der Waals surface area (Å²) in [6.07, 6.45) is 4.49. The fourth-order valence-corrected chi connectivity index (χ4v) is 2.37. The predicted molar refractivity (Wildman–Crippen MR) is 93.6 cm³/mol. The van der Waals surface area contributed by atoms with Gasteiger partial charge in [0.1, 0.15) is 5.75 Å². The third kappa shape index (κ3) is 5.81. The average molecular weight is 315 g/mol. The summed E-state index contributed by atoms with van der Waals surface area (Å²) in [5, 5.41) is 2.26. The Morgan fingerprint density at radius 1 is 0.957 bits per heavy atom. The van der Waals surface area contributed by atoms with Gasteiger partial charge in [-0.25, -0.2) is 0 Å². The number of carbonyl (C=O) groups excluding carboxylic acids is 1. The van der Waals surface area contributed by atoms with Crippen LogP contribution < -0.4 is 10.5 Å². The summed E-state index contributed by atoms with van der Waals surface area (Å²) in [5.74, 6) is 0.755. The summed E-state index contributed by atoms with van der Waals surface area (Å²) in [7, 11) is 0. The van der Waals surface area contributed by atoms with E-state index in [4.69, 9.17) is 15.2 Å². The first-order chi connectivity index (χ1) is 11.2. The molecule has 0 heterocycles. The van der Waals surface area contributed by atoms with E-state index in [1.165, 1.54) is 0 Å². The van der Waals surface area contributed by atoms with Crippen LogP contribution in [0.2, 0.25) is 0 Å². The molecule has 0 radical (unpaired) electrons. The molecule has 4 nitrogen and oxygen atoms in total. The van der Waals surface area contributed by atoms with Crippen LogP contribution in [0.5, 0.6) is 5.75 Å². The third-order valence-electron chi connectivity index (χ3n) is 3.69. The Bertz CT molecular complexity index is 640. The highest BCUT2D eigenvalue weighted by Gasteiger charge is 2.00. The van der Waals surface area contributed by atoms with Gasteiger partial charge >= 0.3 is 5.97 Å². The number of ether oxygens (including phenoxy) is 2. The minimum absolute atomic E-state index is 0.120. The molecule has 2 aromatic rings. The lowest BCUT2D eigenvalue weighted by atomic mass is 10.1. The van der Waals surface area contributed by atoms with Crippen LogP contribution in [0.25, 0.3) is 10.8 Å². The maximum atomic E-state index is 11.0. The highest BCUT2D eigenvalue weighted by molar-refractivity contribution is 5.86. The van der Waals surface area contributed by atoms with E-state index in [2.05, 4.69) is 0 Å². The maximum Gasteiger partial charge on any atom is 0.305 e. The molecule has 0 aliphatic heterocycles. The van der Waals surface area contributed by atoms with Crippen LogP contribution in [-0.4, -0.2) is 19.2 Å². The number of carbonyl (C=O) groups is 1. The Hall–Kier alpha value is -2.23. The molecule has 4 heteroatoms. The van der Waals surface area contributed by atoms with Crippen LogP contribution in [0, 0.1) is 0 Å². The SMILES string of the molecule is CCC(=O)OCCCCCCOc1ccc2ccc(N)cc2c1. The van der Waals surface area contributed by atoms with Crippen molar-refractivity contribution in [3.63, 3.8) is 0 Å². The predicted octanol–water partition coefficient (Wildman–Crippen LogP) is 4.31. The zero-order valence-electron chi connectivity index (χ0n) is 13.7. The van der Waals surface area contributed by atoms with Crippen LogP contribution in [0.15, 0.2) is 36.4 Å². The number of benzene rings is 2. The van der Waals surface area contributed by atoms with Gasteiger partial charge in [0, 0.05) is 12.1 Å². The normalized spacial score (nSPS) is 10.7. The van der Waals surface area contributed by atoms with Gasteiger partial charge < -0.3 is 15.2 Å². The van der Waals surface area contributed by atoms with Gasteiger partial charge in [-0.2, -0.15) is 0 Å². The lowest BCUT2D eigenvalue weighted by Gasteiger charge is -2.08. The molecule has 2 N–H and O–H groups in total. The highest BCUT2D eigenvalue weighted by atomic mass is 16.5. The van der Waals surface area contributed by atoms with Crippen molar-refractivity contribution in [2.24, 2.45) is 0 Å². The van der Waals surface area contributed by atoms with Crippen molar-refractivity contribution in [3.05, 3.63) is 36.4 Å². The van der Waals surface area contributed by atoms with Crippen LogP contribution in [-0.2, 0) is 9.53 Å². The number of nitrogen functional groups attached to an aromatic ring is 1. The average Bonchev–Trinajstić information content (AvgIpc) is 2.56. The smallest absolute Gasteiger partial charge is 0.305 e. The molecule has 23 heavy (non-hydrogen) atoms. The zero-order valence-corrected chi connectivity index (χ0v) is 13.7. The van der Waals surface area contributed by atoms with Crippen molar-refractivity contribution in [3.8, 4) is 5.75 Å². The molecule has 0 spiro atoms. The molecular weight excluding hydrogens is 290 g/mol. The minimum Gasteiger partial charge on any atom is -0.494 e. The molecule has 0 saturated heterocycles. The van der Waals surface area contributed by atoms with E-state index in [-0.39, 0.29) is 5.97 Å². The summed E-state index contributed by atoms with van der Waals surface area (Å²) < 4.78 is 10.8. The monoisotopic (exact) mass is 315 g/mol. The molecule has 0 atom stereocenters. The third-order valence-corrected chi connectivity index (χ3v) is 3.69. The Labute approximate surface area is 137 Å². The lowest BCUT2D eigenvalue weighted by Crippen LogP contribution is -2.04. The fraction of sp³-hybridized carbons (Fsp3) is 0.421. The second kappa shape index (κ2) is 9.03. The fourth-order valence-electron chi connectivity index (χ4n) is 2.37. The van der Waals surface area contributed by atoms with Gasteiger partial charge in [0.15, 0.2) is 0 Å². The van der Waals surface area contributed by atoms with Crippen molar-refractivity contribution in [2.75, 3.05) is 18.9 Å². The van der Waals surface area contributed by atoms with Crippen LogP contribution in [0.3, 0.4) is 0 Å². The molecule has 0 bridgehead atoms. The Kier molecular flexibility index (Phi) is 6.73. The Morgan fingerprint density at radius 2 is 1.70 bits per heavy atom. The molecule has 0 unspecified atom stereocenters. The van der Waals surface area contributed by atoms with Gasteiger partial charge in [0.05, 0.1) is 13.2 Å². The first-order valence-corrected chi connectivity index (χ1v) is 8.27. The molecule has 0 aliphatic rings. The summed E-state index contributed by atoms with van der Waals surface area (Å²) in [6, 6.07) is 11.9. The lowest BCUT2D eigenvalue weighted by molar-refractivity contribution is -0.143. The quantitative estimate of drug-likeness (QED) is 0.425. The van der Waals surface area contributed by atoms with E-state index in [0.29, 0.717) is 19.6 Å². The number of anilines is 1. The second-order valence-corrected chi connectivity index (χ2v) is 5.61. The molecule has 2 rings (SSSR count). The number of hydrogen-bond donors (Lipinski definition) is 1. The van der Waals surface area contributed by atoms with Crippen LogP contribution in [0.4, 0.5) is 5.69 Å². The van der Waals surface area contributed by atoms with Gasteiger partial charge in [0.25, 0.3) is 0 Å². The maximum absolute atomic E-state index is 11.0. The molecule has 0 amide bonds. The summed E-state index contributed by atoms with van der Waals surface area (Å²) in [4.78, 5) is 11.0. The van der Waals surface area contributed by atoms with E-state index in [1.807, 2.05) is 36.4 Å². The van der Waals surface area contributed by atoms with E-state index in [0.717, 1.165) is 47.9 Å². The molecule has 0 aromatic heterocycles. The number of fused-ring (bicyclic) bond motifs is 1. The first kappa shape index (κ1) is 17.1. The van der Waals surface area contributed by atoms with Crippen LogP contribution >= 0.6 is 0 Å². The molecular formula is C19H25NO3. The van der Waals surface area contributed by atoms with Gasteiger partial charge in [-0.15, -0.1) is 0 Å².